The normalized spacial score (nSPS) is 16.6. The highest BCUT2D eigenvalue weighted by molar-refractivity contribution is 7.90. The van der Waals surface area contributed by atoms with Gasteiger partial charge in [-0.2, -0.15) is 12.7 Å². The maximum Gasteiger partial charge on any atom is 0.303 e. The van der Waals surface area contributed by atoms with Crippen LogP contribution in [-0.4, -0.2) is 69.3 Å². The van der Waals surface area contributed by atoms with Crippen molar-refractivity contribution in [3.05, 3.63) is 94.8 Å². The van der Waals surface area contributed by atoms with Gasteiger partial charge in [-0.05, 0) is 86.1 Å². The fourth-order valence-corrected chi connectivity index (χ4v) is 5.91. The highest BCUT2D eigenvalue weighted by Crippen LogP contribution is 2.24. The number of carbonyl (C=O) groups excluding carboxylic acids is 2. The molecule has 1 aliphatic rings. The minimum Gasteiger partial charge on any atom is -0.349 e. The molecule has 43 heavy (non-hydrogen) atoms. The molecule has 4 bridgehead atoms. The first-order valence-corrected chi connectivity index (χ1v) is 16.0. The number of rotatable bonds is 9. The summed E-state index contributed by atoms with van der Waals surface area (Å²) in [6.45, 7) is 2.47. The van der Waals surface area contributed by atoms with Gasteiger partial charge in [-0.15, -0.1) is 0 Å². The minimum atomic E-state index is -3.74. The lowest BCUT2D eigenvalue weighted by molar-refractivity contribution is -0.122. The highest BCUT2D eigenvalue weighted by Gasteiger charge is 2.24. The molecule has 2 atom stereocenters. The Morgan fingerprint density at radius 3 is 2.47 bits per heavy atom. The molecule has 0 fully saturated rings. The molecule has 1 unspecified atom stereocenters. The van der Waals surface area contributed by atoms with Crippen LogP contribution in [0.5, 0.6) is 0 Å². The van der Waals surface area contributed by atoms with Crippen LogP contribution >= 0.6 is 0 Å². The van der Waals surface area contributed by atoms with Gasteiger partial charge >= 0.3 is 10.2 Å². The van der Waals surface area contributed by atoms with Gasteiger partial charge in [-0.1, -0.05) is 30.3 Å². The quantitative estimate of drug-likeness (QED) is 0.344. The van der Waals surface area contributed by atoms with E-state index < -0.39 is 16.3 Å². The van der Waals surface area contributed by atoms with Crippen LogP contribution in [0.15, 0.2) is 66.9 Å². The van der Waals surface area contributed by atoms with Crippen LogP contribution in [0.1, 0.15) is 52.5 Å². The van der Waals surface area contributed by atoms with E-state index in [2.05, 4.69) is 39.1 Å². The number of fused-ring (bicyclic) bond motifs is 4. The van der Waals surface area contributed by atoms with Crippen LogP contribution in [0.4, 0.5) is 5.69 Å². The molecule has 230 valence electrons. The lowest BCUT2D eigenvalue weighted by Gasteiger charge is -2.25. The van der Waals surface area contributed by atoms with Gasteiger partial charge in [0.1, 0.15) is 0 Å². The van der Waals surface area contributed by atoms with Crippen molar-refractivity contribution in [2.45, 2.75) is 57.7 Å². The third-order valence-corrected chi connectivity index (χ3v) is 9.46. The number of anilines is 1. The number of aromatic nitrogens is 1. The monoisotopic (exact) mass is 606 g/mol. The summed E-state index contributed by atoms with van der Waals surface area (Å²) >= 11 is 0. The number of carbonyl (C=O) groups is 2. The molecule has 1 aliphatic heterocycles. The van der Waals surface area contributed by atoms with E-state index in [0.717, 1.165) is 46.8 Å². The lowest BCUT2D eigenvalue weighted by Crippen LogP contribution is -2.49. The van der Waals surface area contributed by atoms with Crippen molar-refractivity contribution in [1.29, 1.82) is 0 Å². The van der Waals surface area contributed by atoms with E-state index in [1.807, 2.05) is 36.4 Å². The number of amides is 2. The van der Waals surface area contributed by atoms with Crippen molar-refractivity contribution in [2.24, 2.45) is 0 Å². The van der Waals surface area contributed by atoms with Gasteiger partial charge in [0, 0.05) is 45.5 Å². The fourth-order valence-electron chi connectivity index (χ4n) is 5.05. The van der Waals surface area contributed by atoms with Crippen LogP contribution in [-0.2, 0) is 40.8 Å². The average Bonchev–Trinajstić information content (AvgIpc) is 3.00. The third kappa shape index (κ3) is 8.85. The molecule has 0 saturated carbocycles. The smallest absolute Gasteiger partial charge is 0.303 e. The van der Waals surface area contributed by atoms with E-state index in [-0.39, 0.29) is 17.9 Å². The van der Waals surface area contributed by atoms with Crippen LogP contribution in [0, 0.1) is 0 Å². The van der Waals surface area contributed by atoms with Crippen LogP contribution in [0.25, 0.3) is 0 Å². The SMILES string of the molecule is C[C@H](NCC1Cc2cccc(c2)CCCCc2cc(cc(N(C)S(=O)(=O)N(C)C)c2)C(=O)N1)C(=O)NCc1ccccn1. The van der Waals surface area contributed by atoms with E-state index in [4.69, 9.17) is 0 Å². The second kappa shape index (κ2) is 14.6. The van der Waals surface area contributed by atoms with E-state index in [0.29, 0.717) is 30.8 Å². The van der Waals surface area contributed by atoms with Gasteiger partial charge in [0.05, 0.1) is 24.0 Å². The topological polar surface area (TPSA) is 124 Å². The Morgan fingerprint density at radius 2 is 1.74 bits per heavy atom. The van der Waals surface area contributed by atoms with Gasteiger partial charge in [0.15, 0.2) is 0 Å². The molecule has 4 rings (SSSR count). The molecule has 11 heteroatoms. The van der Waals surface area contributed by atoms with E-state index in [1.54, 1.807) is 19.2 Å². The van der Waals surface area contributed by atoms with Crippen LogP contribution in [0.3, 0.4) is 0 Å². The summed E-state index contributed by atoms with van der Waals surface area (Å²) < 4.78 is 28.1. The molecule has 0 aliphatic carbocycles. The number of aryl methyl sites for hydroxylation is 2. The Kier molecular flexibility index (Phi) is 10.9. The summed E-state index contributed by atoms with van der Waals surface area (Å²) in [7, 11) is 0.719. The first kappa shape index (κ1) is 32.1. The average molecular weight is 607 g/mol. The third-order valence-electron chi connectivity index (χ3n) is 7.63. The molecule has 2 aromatic carbocycles. The number of benzene rings is 2. The zero-order valence-corrected chi connectivity index (χ0v) is 26.2. The number of nitrogens with zero attached hydrogens (tertiary/aromatic N) is 3. The molecule has 3 aromatic rings. The van der Waals surface area contributed by atoms with Gasteiger partial charge in [0.25, 0.3) is 5.91 Å². The zero-order chi connectivity index (χ0) is 31.0. The van der Waals surface area contributed by atoms with Crippen molar-refractivity contribution in [1.82, 2.24) is 25.2 Å². The van der Waals surface area contributed by atoms with Gasteiger partial charge < -0.3 is 16.0 Å². The van der Waals surface area contributed by atoms with Crippen molar-refractivity contribution >= 4 is 27.7 Å². The molecular weight excluding hydrogens is 564 g/mol. The summed E-state index contributed by atoms with van der Waals surface area (Å²) in [5, 5.41) is 9.33. The minimum absolute atomic E-state index is 0.164. The summed E-state index contributed by atoms with van der Waals surface area (Å²) in [5.74, 6) is -0.464. The first-order valence-electron chi connectivity index (χ1n) is 14.6. The number of hydrogen-bond acceptors (Lipinski definition) is 6. The Bertz CT molecular complexity index is 1510. The summed E-state index contributed by atoms with van der Waals surface area (Å²) in [6.07, 6.45) is 5.78. The number of nitrogens with one attached hydrogen (secondary N) is 3. The Hall–Kier alpha value is -3.80. The molecule has 2 heterocycles. The zero-order valence-electron chi connectivity index (χ0n) is 25.3. The maximum absolute atomic E-state index is 13.7. The maximum atomic E-state index is 13.7. The molecular formula is C32H42N6O4S. The van der Waals surface area contributed by atoms with Gasteiger partial charge in [-0.3, -0.25) is 18.9 Å². The molecule has 1 aromatic heterocycles. The van der Waals surface area contributed by atoms with Gasteiger partial charge in [-0.25, -0.2) is 0 Å². The van der Waals surface area contributed by atoms with E-state index >= 15 is 0 Å². The second-order valence-electron chi connectivity index (χ2n) is 11.2. The van der Waals surface area contributed by atoms with Gasteiger partial charge in [0.2, 0.25) is 5.91 Å². The summed E-state index contributed by atoms with van der Waals surface area (Å²) in [5.41, 5.74) is 4.84. The molecule has 0 saturated heterocycles. The Morgan fingerprint density at radius 1 is 1.00 bits per heavy atom. The number of hydrogen-bond donors (Lipinski definition) is 3. The molecule has 10 nitrogen and oxygen atoms in total. The predicted octanol–water partition coefficient (Wildman–Crippen LogP) is 2.84. The summed E-state index contributed by atoms with van der Waals surface area (Å²) in [4.78, 5) is 30.7. The van der Waals surface area contributed by atoms with Crippen LogP contribution < -0.4 is 20.3 Å². The molecule has 0 spiro atoms. The molecule has 2 amide bonds. The van der Waals surface area contributed by atoms with Crippen molar-refractivity contribution in [3.63, 3.8) is 0 Å². The second-order valence-corrected chi connectivity index (χ2v) is 13.4. The largest absolute Gasteiger partial charge is 0.349 e. The molecule has 0 radical (unpaired) electrons. The van der Waals surface area contributed by atoms with Crippen LogP contribution in [0.2, 0.25) is 0 Å². The number of pyridine rings is 1. The van der Waals surface area contributed by atoms with Crippen molar-refractivity contribution < 1.29 is 18.0 Å². The van der Waals surface area contributed by atoms with Crippen molar-refractivity contribution in [2.75, 3.05) is 32.0 Å². The standard InChI is InChI=1S/C32H42N6O4S/c1-23(31(39)35-21-28-14-7-8-15-33-28)34-22-29-18-25-13-9-12-24(16-25)10-5-6-11-26-17-27(32(40)36-29)20-30(19-26)38(4)43(41,42)37(2)3/h7-9,12-17,19-20,23,29,34H,5-6,10-11,18,21-22H2,1-4H3,(H,35,39)(H,36,40)/t23-,29?/m0/s1. The predicted molar refractivity (Wildman–Crippen MR) is 169 cm³/mol. The Balaban J connectivity index is 1.55. The first-order chi connectivity index (χ1) is 20.5. The summed E-state index contributed by atoms with van der Waals surface area (Å²) in [6, 6.07) is 18.4. The van der Waals surface area contributed by atoms with Crippen molar-refractivity contribution in [3.8, 4) is 0 Å². The van der Waals surface area contributed by atoms with E-state index in [1.165, 1.54) is 31.0 Å². The highest BCUT2D eigenvalue weighted by atomic mass is 32.2. The lowest BCUT2D eigenvalue weighted by atomic mass is 9.97. The Labute approximate surface area is 255 Å². The molecule has 3 N–H and O–H groups in total. The fraction of sp³-hybridized carbons (Fsp3) is 0.406. The van der Waals surface area contributed by atoms with E-state index in [9.17, 15) is 18.0 Å².